The van der Waals surface area contributed by atoms with Gasteiger partial charge in [-0.15, -0.1) is 0 Å². The van der Waals surface area contributed by atoms with Gasteiger partial charge >= 0.3 is 6.09 Å². The molecule has 1 aromatic carbocycles. The Kier molecular flexibility index (Phi) is 4.20. The number of amides is 1. The van der Waals surface area contributed by atoms with Gasteiger partial charge in [-0.3, -0.25) is 0 Å². The van der Waals surface area contributed by atoms with Crippen LogP contribution in [0.15, 0.2) is 30.3 Å². The van der Waals surface area contributed by atoms with E-state index >= 15 is 0 Å². The normalized spacial score (nSPS) is 21.7. The molecule has 0 spiro atoms. The third-order valence-electron chi connectivity index (χ3n) is 3.60. The maximum absolute atomic E-state index is 10.9. The molecule has 2 N–H and O–H groups in total. The molecule has 4 nitrogen and oxygen atoms in total. The van der Waals surface area contributed by atoms with Crippen LogP contribution in [0, 0.1) is 5.92 Å². The van der Waals surface area contributed by atoms with E-state index in [9.17, 15) is 4.79 Å². The molecule has 1 fully saturated rings. The van der Waals surface area contributed by atoms with Gasteiger partial charge in [0, 0.05) is 12.6 Å². The number of likely N-dealkylation sites (tertiary alicyclic amines) is 1. The van der Waals surface area contributed by atoms with Gasteiger partial charge in [-0.25, -0.2) is 4.79 Å². The standard InChI is InChI=1S/C14H20N2O2/c1-16-8-7-12(10-16)13(15-14(17)18)9-11-5-3-2-4-6-11/h2-6,12-13,15H,7-10H2,1H3,(H,17,18)/t12?,13-/m1/s1. The van der Waals surface area contributed by atoms with Gasteiger partial charge in [-0.05, 0) is 37.9 Å². The van der Waals surface area contributed by atoms with Gasteiger partial charge in [0.25, 0.3) is 0 Å². The fourth-order valence-electron chi connectivity index (χ4n) is 2.66. The van der Waals surface area contributed by atoms with Crippen LogP contribution < -0.4 is 5.32 Å². The third-order valence-corrected chi connectivity index (χ3v) is 3.60. The first-order chi connectivity index (χ1) is 8.65. The summed E-state index contributed by atoms with van der Waals surface area (Å²) in [6.45, 7) is 2.02. The molecule has 0 saturated carbocycles. The number of hydrogen-bond acceptors (Lipinski definition) is 2. The molecule has 1 heterocycles. The number of nitrogens with one attached hydrogen (secondary N) is 1. The van der Waals surface area contributed by atoms with Crippen LogP contribution in [-0.4, -0.2) is 42.3 Å². The van der Waals surface area contributed by atoms with Crippen molar-refractivity contribution in [2.75, 3.05) is 20.1 Å². The summed E-state index contributed by atoms with van der Waals surface area (Å²) < 4.78 is 0. The average molecular weight is 248 g/mol. The minimum absolute atomic E-state index is 0.00912. The average Bonchev–Trinajstić information content (AvgIpc) is 2.76. The summed E-state index contributed by atoms with van der Waals surface area (Å²) in [5, 5.41) is 11.6. The van der Waals surface area contributed by atoms with Gasteiger partial charge in [-0.2, -0.15) is 0 Å². The first-order valence-electron chi connectivity index (χ1n) is 6.37. The Hall–Kier alpha value is -1.55. The molecule has 4 heteroatoms. The van der Waals surface area contributed by atoms with Crippen molar-refractivity contribution in [3.8, 4) is 0 Å². The van der Waals surface area contributed by atoms with Crippen molar-refractivity contribution in [3.63, 3.8) is 0 Å². The second kappa shape index (κ2) is 5.87. The molecule has 0 aliphatic carbocycles. The highest BCUT2D eigenvalue weighted by molar-refractivity contribution is 5.65. The molecule has 18 heavy (non-hydrogen) atoms. The Morgan fingerprint density at radius 1 is 1.50 bits per heavy atom. The highest BCUT2D eigenvalue weighted by Gasteiger charge is 2.28. The number of benzene rings is 1. The van der Waals surface area contributed by atoms with E-state index in [1.807, 2.05) is 18.2 Å². The van der Waals surface area contributed by atoms with E-state index in [1.165, 1.54) is 5.56 Å². The summed E-state index contributed by atoms with van der Waals surface area (Å²) in [5.74, 6) is 0.409. The molecule has 1 aliphatic rings. The summed E-state index contributed by atoms with van der Waals surface area (Å²) in [6, 6.07) is 10.1. The van der Waals surface area contributed by atoms with Crippen LogP contribution in [0.5, 0.6) is 0 Å². The van der Waals surface area contributed by atoms with Crippen molar-refractivity contribution >= 4 is 6.09 Å². The fraction of sp³-hybridized carbons (Fsp3) is 0.500. The lowest BCUT2D eigenvalue weighted by Gasteiger charge is -2.23. The van der Waals surface area contributed by atoms with Crippen molar-refractivity contribution in [1.29, 1.82) is 0 Å². The van der Waals surface area contributed by atoms with E-state index in [4.69, 9.17) is 5.11 Å². The zero-order chi connectivity index (χ0) is 13.0. The zero-order valence-corrected chi connectivity index (χ0v) is 10.7. The lowest BCUT2D eigenvalue weighted by Crippen LogP contribution is -2.42. The molecule has 1 aliphatic heterocycles. The molecule has 2 atom stereocenters. The monoisotopic (exact) mass is 248 g/mol. The molecule has 1 saturated heterocycles. The van der Waals surface area contributed by atoms with Crippen LogP contribution in [-0.2, 0) is 6.42 Å². The van der Waals surface area contributed by atoms with E-state index in [0.717, 1.165) is 25.9 Å². The van der Waals surface area contributed by atoms with Gasteiger partial charge in [-0.1, -0.05) is 30.3 Å². The van der Waals surface area contributed by atoms with E-state index < -0.39 is 6.09 Å². The molecular weight excluding hydrogens is 228 g/mol. The van der Waals surface area contributed by atoms with E-state index in [2.05, 4.69) is 29.4 Å². The number of carboxylic acid groups (broad SMARTS) is 1. The van der Waals surface area contributed by atoms with Gasteiger partial charge in [0.05, 0.1) is 0 Å². The van der Waals surface area contributed by atoms with Crippen molar-refractivity contribution in [3.05, 3.63) is 35.9 Å². The first kappa shape index (κ1) is 12.9. The van der Waals surface area contributed by atoms with Gasteiger partial charge < -0.3 is 15.3 Å². The Morgan fingerprint density at radius 3 is 2.78 bits per heavy atom. The van der Waals surface area contributed by atoms with Crippen LogP contribution in [0.3, 0.4) is 0 Å². The summed E-state index contributed by atoms with van der Waals surface area (Å²) in [6.07, 6.45) is 0.908. The molecule has 1 amide bonds. The number of nitrogens with zero attached hydrogens (tertiary/aromatic N) is 1. The van der Waals surface area contributed by atoms with Crippen molar-refractivity contribution in [2.45, 2.75) is 18.9 Å². The minimum atomic E-state index is -0.925. The number of hydrogen-bond donors (Lipinski definition) is 2. The molecular formula is C14H20N2O2. The SMILES string of the molecule is CN1CCC([C@@H](Cc2ccccc2)NC(=O)O)C1. The molecule has 1 unspecified atom stereocenters. The highest BCUT2D eigenvalue weighted by Crippen LogP contribution is 2.21. The highest BCUT2D eigenvalue weighted by atomic mass is 16.4. The quantitative estimate of drug-likeness (QED) is 0.854. The van der Waals surface area contributed by atoms with Crippen LogP contribution in [0.1, 0.15) is 12.0 Å². The molecule has 98 valence electrons. The van der Waals surface area contributed by atoms with Crippen molar-refractivity contribution < 1.29 is 9.90 Å². The molecule has 0 bridgehead atoms. The number of rotatable bonds is 4. The van der Waals surface area contributed by atoms with Crippen molar-refractivity contribution in [2.24, 2.45) is 5.92 Å². The Bertz CT molecular complexity index is 394. The predicted molar refractivity (Wildman–Crippen MR) is 70.7 cm³/mol. The smallest absolute Gasteiger partial charge is 0.404 e. The van der Waals surface area contributed by atoms with E-state index in [1.54, 1.807) is 0 Å². The van der Waals surface area contributed by atoms with Crippen LogP contribution >= 0.6 is 0 Å². The van der Waals surface area contributed by atoms with Gasteiger partial charge in [0.15, 0.2) is 0 Å². The fourth-order valence-corrected chi connectivity index (χ4v) is 2.66. The number of carbonyl (C=O) groups is 1. The van der Waals surface area contributed by atoms with Gasteiger partial charge in [0.2, 0.25) is 0 Å². The summed E-state index contributed by atoms with van der Waals surface area (Å²) in [5.41, 5.74) is 1.19. The zero-order valence-electron chi connectivity index (χ0n) is 10.7. The summed E-state index contributed by atoms with van der Waals surface area (Å²) in [7, 11) is 2.08. The maximum atomic E-state index is 10.9. The van der Waals surface area contributed by atoms with Crippen LogP contribution in [0.4, 0.5) is 4.79 Å². The topological polar surface area (TPSA) is 52.6 Å². The molecule has 2 rings (SSSR count). The Morgan fingerprint density at radius 2 is 2.22 bits per heavy atom. The second-order valence-corrected chi connectivity index (χ2v) is 5.06. The van der Waals surface area contributed by atoms with E-state index in [-0.39, 0.29) is 6.04 Å². The summed E-state index contributed by atoms with van der Waals surface area (Å²) >= 11 is 0. The predicted octanol–water partition coefficient (Wildman–Crippen LogP) is 1.82. The molecule has 0 radical (unpaired) electrons. The third kappa shape index (κ3) is 3.47. The Balaban J connectivity index is 2.03. The Labute approximate surface area is 108 Å². The second-order valence-electron chi connectivity index (χ2n) is 5.06. The van der Waals surface area contributed by atoms with Crippen LogP contribution in [0.2, 0.25) is 0 Å². The van der Waals surface area contributed by atoms with Crippen molar-refractivity contribution in [1.82, 2.24) is 10.2 Å². The summed E-state index contributed by atoms with van der Waals surface area (Å²) in [4.78, 5) is 13.2. The van der Waals surface area contributed by atoms with E-state index in [0.29, 0.717) is 5.92 Å². The van der Waals surface area contributed by atoms with Gasteiger partial charge in [0.1, 0.15) is 0 Å². The van der Waals surface area contributed by atoms with Crippen LogP contribution in [0.25, 0.3) is 0 Å². The largest absolute Gasteiger partial charge is 0.465 e. The lowest BCUT2D eigenvalue weighted by molar-refractivity contribution is 0.184. The lowest BCUT2D eigenvalue weighted by atomic mass is 9.93. The first-order valence-corrected chi connectivity index (χ1v) is 6.37. The molecule has 1 aromatic rings. The maximum Gasteiger partial charge on any atom is 0.404 e. The minimum Gasteiger partial charge on any atom is -0.465 e. The molecule has 0 aromatic heterocycles.